The van der Waals surface area contributed by atoms with Gasteiger partial charge in [0.15, 0.2) is 0 Å². The second kappa shape index (κ2) is 14.1. The molecule has 1 saturated carbocycles. The summed E-state index contributed by atoms with van der Waals surface area (Å²) in [4.78, 5) is 24.5. The number of carboxylic acids is 2. The quantitative estimate of drug-likeness (QED) is 0.506. The van der Waals surface area contributed by atoms with Gasteiger partial charge in [-0.1, -0.05) is 6.07 Å². The first-order chi connectivity index (χ1) is 17.8. The summed E-state index contributed by atoms with van der Waals surface area (Å²) in [5.41, 5.74) is 2.37. The van der Waals surface area contributed by atoms with Crippen molar-refractivity contribution in [3.8, 4) is 0 Å². The van der Waals surface area contributed by atoms with Crippen molar-refractivity contribution in [3.63, 3.8) is 0 Å². The molecule has 2 fully saturated rings. The van der Waals surface area contributed by atoms with Gasteiger partial charge in [0.1, 0.15) is 0 Å². The largest absolute Gasteiger partial charge is 0.490 e. The van der Waals surface area contributed by atoms with E-state index in [-0.39, 0.29) is 0 Å². The van der Waals surface area contributed by atoms with E-state index in [1.807, 2.05) is 30.7 Å². The van der Waals surface area contributed by atoms with Gasteiger partial charge in [-0.3, -0.25) is 9.88 Å². The third-order valence-electron chi connectivity index (χ3n) is 5.61. The molecule has 1 aliphatic heterocycles. The zero-order valence-electron chi connectivity index (χ0n) is 19.8. The number of alkyl halides is 6. The van der Waals surface area contributed by atoms with Gasteiger partial charge in [-0.05, 0) is 30.5 Å². The minimum absolute atomic E-state index is 0.291. The minimum atomic E-state index is -5.08. The standard InChI is InChI=1S/C19H24N2O3.2C2HF3O2/c1-2-15(10-20-6-1)12-23-14-17-3-4-18-19(17)24-9-7-21(18)11-16-5-8-22-13-16;2*3-2(4,5)1(6)7/h1-2,5-6,8,10,13,17-19H,3-4,7,9,11-12,14H2;2*(H,6,7)/t17?,18-,19-;;/m0../s1. The highest BCUT2D eigenvalue weighted by atomic mass is 19.4. The molecule has 0 amide bonds. The Hall–Kier alpha value is -3.17. The number of aromatic nitrogens is 1. The van der Waals surface area contributed by atoms with Crippen LogP contribution in [0.5, 0.6) is 0 Å². The SMILES string of the molecule is O=C(O)C(F)(F)F.O=C(O)C(F)(F)F.c1cncc(COCC2CC[C@H]3[C@H]2OCCN3Cc2ccoc2)c1. The third kappa shape index (κ3) is 10.3. The number of carboxylic acid groups (broad SMARTS) is 2. The first kappa shape index (κ1) is 31.1. The Morgan fingerprint density at radius 3 is 2.24 bits per heavy atom. The van der Waals surface area contributed by atoms with E-state index < -0.39 is 24.3 Å². The summed E-state index contributed by atoms with van der Waals surface area (Å²) in [6, 6.07) is 6.55. The maximum atomic E-state index is 10.6. The number of fused-ring (bicyclic) bond motifs is 1. The van der Waals surface area contributed by atoms with Crippen molar-refractivity contribution in [1.29, 1.82) is 0 Å². The number of ether oxygens (including phenoxy) is 2. The molecule has 15 heteroatoms. The van der Waals surface area contributed by atoms with Crippen molar-refractivity contribution in [2.24, 2.45) is 5.92 Å². The number of nitrogens with zero attached hydrogens (tertiary/aromatic N) is 2. The molecular formula is C23H26F6N2O7. The Morgan fingerprint density at radius 1 is 1.05 bits per heavy atom. The molecule has 0 bridgehead atoms. The van der Waals surface area contributed by atoms with Gasteiger partial charge < -0.3 is 24.1 Å². The molecule has 2 aromatic rings. The molecule has 4 rings (SSSR count). The van der Waals surface area contributed by atoms with E-state index in [0.717, 1.165) is 31.9 Å². The van der Waals surface area contributed by atoms with E-state index in [9.17, 15) is 26.3 Å². The van der Waals surface area contributed by atoms with Crippen LogP contribution in [0.1, 0.15) is 24.0 Å². The smallest absolute Gasteiger partial charge is 0.475 e. The predicted octanol–water partition coefficient (Wildman–Crippen LogP) is 4.14. The number of hydrogen-bond acceptors (Lipinski definition) is 7. The Balaban J connectivity index is 0.000000301. The third-order valence-corrected chi connectivity index (χ3v) is 5.61. The second-order valence-corrected chi connectivity index (χ2v) is 8.32. The lowest BCUT2D eigenvalue weighted by Gasteiger charge is -2.39. The van der Waals surface area contributed by atoms with E-state index >= 15 is 0 Å². The van der Waals surface area contributed by atoms with E-state index in [0.29, 0.717) is 24.7 Å². The van der Waals surface area contributed by atoms with Crippen molar-refractivity contribution in [3.05, 3.63) is 54.2 Å². The number of rotatable bonds is 6. The van der Waals surface area contributed by atoms with Gasteiger partial charge in [0.05, 0.1) is 38.5 Å². The van der Waals surface area contributed by atoms with Gasteiger partial charge >= 0.3 is 24.3 Å². The van der Waals surface area contributed by atoms with Crippen LogP contribution >= 0.6 is 0 Å². The summed E-state index contributed by atoms with van der Waals surface area (Å²) in [7, 11) is 0. The Bertz CT molecular complexity index is 962. The highest BCUT2D eigenvalue weighted by Crippen LogP contribution is 2.35. The fraction of sp³-hybridized carbons (Fsp3) is 0.522. The van der Waals surface area contributed by atoms with Crippen molar-refractivity contribution < 1.29 is 60.0 Å². The van der Waals surface area contributed by atoms with Crippen LogP contribution in [0.2, 0.25) is 0 Å². The fourth-order valence-electron chi connectivity index (χ4n) is 3.94. The number of carbonyl (C=O) groups is 2. The molecule has 9 nitrogen and oxygen atoms in total. The van der Waals surface area contributed by atoms with Crippen molar-refractivity contribution in [2.45, 2.75) is 50.5 Å². The van der Waals surface area contributed by atoms with Crippen LogP contribution in [0.4, 0.5) is 26.3 Å². The Labute approximate surface area is 213 Å². The lowest BCUT2D eigenvalue weighted by atomic mass is 10.0. The minimum Gasteiger partial charge on any atom is -0.475 e. The zero-order chi connectivity index (χ0) is 28.3. The van der Waals surface area contributed by atoms with Gasteiger partial charge in [0.25, 0.3) is 0 Å². The number of furan rings is 1. The van der Waals surface area contributed by atoms with Crippen LogP contribution in [0, 0.1) is 5.92 Å². The van der Waals surface area contributed by atoms with Crippen LogP contribution in [0.15, 0.2) is 47.5 Å². The van der Waals surface area contributed by atoms with Crippen LogP contribution in [0.25, 0.3) is 0 Å². The second-order valence-electron chi connectivity index (χ2n) is 8.32. The fourth-order valence-corrected chi connectivity index (χ4v) is 3.94. The summed E-state index contributed by atoms with van der Waals surface area (Å²) >= 11 is 0. The van der Waals surface area contributed by atoms with Gasteiger partial charge in [-0.15, -0.1) is 0 Å². The van der Waals surface area contributed by atoms with Crippen molar-refractivity contribution in [2.75, 3.05) is 19.8 Å². The first-order valence-corrected chi connectivity index (χ1v) is 11.2. The molecule has 0 aromatic carbocycles. The number of hydrogen-bond donors (Lipinski definition) is 2. The first-order valence-electron chi connectivity index (χ1n) is 11.2. The van der Waals surface area contributed by atoms with Gasteiger partial charge in [-0.25, -0.2) is 9.59 Å². The molecule has 3 atom stereocenters. The molecule has 212 valence electrons. The molecule has 2 N–H and O–H groups in total. The molecule has 1 aliphatic carbocycles. The summed E-state index contributed by atoms with van der Waals surface area (Å²) in [6.07, 6.45) is -0.283. The molecule has 38 heavy (non-hydrogen) atoms. The summed E-state index contributed by atoms with van der Waals surface area (Å²) < 4.78 is 80.7. The van der Waals surface area contributed by atoms with Crippen molar-refractivity contribution in [1.82, 2.24) is 9.88 Å². The lowest BCUT2D eigenvalue weighted by molar-refractivity contribution is -0.193. The normalized spacial score (nSPS) is 21.4. The highest BCUT2D eigenvalue weighted by molar-refractivity contribution is 5.73. The van der Waals surface area contributed by atoms with Gasteiger partial charge in [0.2, 0.25) is 0 Å². The maximum Gasteiger partial charge on any atom is 0.490 e. The molecule has 2 aliphatic rings. The van der Waals surface area contributed by atoms with E-state index in [2.05, 4.69) is 9.88 Å². The number of pyridine rings is 1. The average Bonchev–Trinajstić information content (AvgIpc) is 3.50. The Morgan fingerprint density at radius 2 is 1.71 bits per heavy atom. The summed E-state index contributed by atoms with van der Waals surface area (Å²) in [6.45, 7) is 4.13. The molecule has 1 unspecified atom stereocenters. The summed E-state index contributed by atoms with van der Waals surface area (Å²) in [5.74, 6) is -5.03. The maximum absolute atomic E-state index is 10.6. The molecule has 0 spiro atoms. The van der Waals surface area contributed by atoms with Gasteiger partial charge in [-0.2, -0.15) is 26.3 Å². The van der Waals surface area contributed by atoms with Crippen LogP contribution in [-0.4, -0.2) is 76.3 Å². The Kier molecular flexibility index (Phi) is 11.5. The molecule has 0 radical (unpaired) electrons. The monoisotopic (exact) mass is 556 g/mol. The average molecular weight is 556 g/mol. The molecule has 2 aromatic heterocycles. The van der Waals surface area contributed by atoms with Crippen LogP contribution in [-0.2, 0) is 32.2 Å². The highest BCUT2D eigenvalue weighted by Gasteiger charge is 2.42. The number of halogens is 6. The molecule has 1 saturated heterocycles. The van der Waals surface area contributed by atoms with E-state index in [4.69, 9.17) is 33.7 Å². The molecular weight excluding hydrogens is 530 g/mol. The van der Waals surface area contributed by atoms with Crippen LogP contribution in [0.3, 0.4) is 0 Å². The predicted molar refractivity (Wildman–Crippen MR) is 117 cm³/mol. The molecule has 3 heterocycles. The van der Waals surface area contributed by atoms with Gasteiger partial charge in [0, 0.05) is 43.0 Å². The van der Waals surface area contributed by atoms with E-state index in [1.165, 1.54) is 18.4 Å². The number of aliphatic carboxylic acids is 2. The summed E-state index contributed by atoms with van der Waals surface area (Å²) in [5, 5.41) is 14.2. The number of morpholine rings is 1. The lowest BCUT2D eigenvalue weighted by Crippen LogP contribution is -2.50. The zero-order valence-corrected chi connectivity index (χ0v) is 19.8. The van der Waals surface area contributed by atoms with Crippen molar-refractivity contribution >= 4 is 11.9 Å². The van der Waals surface area contributed by atoms with Crippen LogP contribution < -0.4 is 0 Å². The van der Waals surface area contributed by atoms with E-state index in [1.54, 1.807) is 12.5 Å². The topological polar surface area (TPSA) is 122 Å².